The van der Waals surface area contributed by atoms with Crippen LogP contribution in [0.5, 0.6) is 0 Å². The number of hydrogen-bond acceptors (Lipinski definition) is 2. The molecule has 0 saturated carbocycles. The van der Waals surface area contributed by atoms with Crippen molar-refractivity contribution in [3.8, 4) is 5.69 Å². The lowest BCUT2D eigenvalue weighted by atomic mass is 9.74. The molecule has 0 radical (unpaired) electrons. The van der Waals surface area contributed by atoms with Gasteiger partial charge < -0.3 is 10.3 Å². The second kappa shape index (κ2) is 3.72. The van der Waals surface area contributed by atoms with Crippen molar-refractivity contribution in [3.05, 3.63) is 35.9 Å². The smallest absolute Gasteiger partial charge is 0.0835 e. The third-order valence-corrected chi connectivity index (χ3v) is 3.81. The van der Waals surface area contributed by atoms with Gasteiger partial charge in [0, 0.05) is 31.2 Å². The first kappa shape index (κ1) is 11.5. The highest BCUT2D eigenvalue weighted by molar-refractivity contribution is 5.38. The molecule has 2 aromatic heterocycles. The van der Waals surface area contributed by atoms with Crippen LogP contribution in [0.25, 0.3) is 5.69 Å². The van der Waals surface area contributed by atoms with Crippen LogP contribution in [-0.4, -0.2) is 14.3 Å². The summed E-state index contributed by atoms with van der Waals surface area (Å²) in [5.41, 5.74) is 10.3. The standard InChI is InChI=1S/C14H20N4/c1-14(2)6-12(15)11-4-5-18(13(11)7-14)10-8-16-17(3)9-10/h4-5,8-9,12H,6-7,15H2,1-3H3. The molecule has 0 aliphatic heterocycles. The Bertz CT molecular complexity index is 576. The van der Waals surface area contributed by atoms with Crippen LogP contribution in [0.3, 0.4) is 0 Å². The minimum Gasteiger partial charge on any atom is -0.324 e. The van der Waals surface area contributed by atoms with E-state index < -0.39 is 0 Å². The Labute approximate surface area is 107 Å². The number of hydrogen-bond donors (Lipinski definition) is 1. The van der Waals surface area contributed by atoms with Gasteiger partial charge in [0.05, 0.1) is 11.9 Å². The SMILES string of the molecule is Cn1cc(-n2ccc3c2CC(C)(C)CC3N)cn1. The van der Waals surface area contributed by atoms with Gasteiger partial charge in [-0.2, -0.15) is 5.10 Å². The zero-order chi connectivity index (χ0) is 12.9. The minimum atomic E-state index is 0.154. The van der Waals surface area contributed by atoms with E-state index in [0.29, 0.717) is 0 Å². The van der Waals surface area contributed by atoms with Gasteiger partial charge in [-0.15, -0.1) is 0 Å². The summed E-state index contributed by atoms with van der Waals surface area (Å²) >= 11 is 0. The molecule has 1 unspecified atom stereocenters. The Hall–Kier alpha value is -1.55. The Morgan fingerprint density at radius 2 is 2.22 bits per heavy atom. The van der Waals surface area contributed by atoms with Crippen LogP contribution in [0.1, 0.15) is 37.6 Å². The average molecular weight is 244 g/mol. The van der Waals surface area contributed by atoms with Crippen LogP contribution in [0.4, 0.5) is 0 Å². The van der Waals surface area contributed by atoms with E-state index in [4.69, 9.17) is 5.73 Å². The monoisotopic (exact) mass is 244 g/mol. The number of fused-ring (bicyclic) bond motifs is 1. The largest absolute Gasteiger partial charge is 0.324 e. The first-order chi connectivity index (χ1) is 8.46. The molecule has 0 fully saturated rings. The molecule has 2 heterocycles. The van der Waals surface area contributed by atoms with Crippen LogP contribution in [0.15, 0.2) is 24.7 Å². The van der Waals surface area contributed by atoms with Gasteiger partial charge in [-0.25, -0.2) is 0 Å². The number of nitrogens with zero attached hydrogens (tertiary/aromatic N) is 3. The predicted octanol–water partition coefficient (Wildman–Crippen LogP) is 2.18. The number of nitrogens with two attached hydrogens (primary N) is 1. The van der Waals surface area contributed by atoms with Gasteiger partial charge in [-0.05, 0) is 29.9 Å². The predicted molar refractivity (Wildman–Crippen MR) is 71.6 cm³/mol. The molecule has 1 atom stereocenters. The van der Waals surface area contributed by atoms with Crippen LogP contribution >= 0.6 is 0 Å². The molecule has 0 bridgehead atoms. The zero-order valence-corrected chi connectivity index (χ0v) is 11.2. The number of aryl methyl sites for hydroxylation is 1. The quantitative estimate of drug-likeness (QED) is 0.836. The molecular weight excluding hydrogens is 224 g/mol. The van der Waals surface area contributed by atoms with Crippen molar-refractivity contribution >= 4 is 0 Å². The molecule has 1 aliphatic carbocycles. The number of rotatable bonds is 1. The maximum atomic E-state index is 6.28. The van der Waals surface area contributed by atoms with E-state index >= 15 is 0 Å². The second-order valence-electron chi connectivity index (χ2n) is 6.11. The second-order valence-corrected chi connectivity index (χ2v) is 6.11. The summed E-state index contributed by atoms with van der Waals surface area (Å²) < 4.78 is 4.05. The molecule has 96 valence electrons. The molecule has 0 saturated heterocycles. The highest BCUT2D eigenvalue weighted by Gasteiger charge is 2.32. The lowest BCUT2D eigenvalue weighted by Gasteiger charge is -2.34. The van der Waals surface area contributed by atoms with E-state index in [1.165, 1.54) is 11.3 Å². The fourth-order valence-electron chi connectivity index (χ4n) is 3.01. The summed E-state index contributed by atoms with van der Waals surface area (Å²) in [5, 5.41) is 4.24. The summed E-state index contributed by atoms with van der Waals surface area (Å²) in [6.07, 6.45) is 8.17. The van der Waals surface area contributed by atoms with Crippen LogP contribution in [-0.2, 0) is 13.5 Å². The summed E-state index contributed by atoms with van der Waals surface area (Å²) in [4.78, 5) is 0. The normalized spacial score (nSPS) is 21.9. The fraction of sp³-hybridized carbons (Fsp3) is 0.500. The van der Waals surface area contributed by atoms with E-state index in [1.54, 1.807) is 0 Å². The Kier molecular flexibility index (Phi) is 2.38. The first-order valence-corrected chi connectivity index (χ1v) is 6.41. The van der Waals surface area contributed by atoms with Crippen molar-refractivity contribution in [1.82, 2.24) is 14.3 Å². The van der Waals surface area contributed by atoms with Crippen LogP contribution < -0.4 is 5.73 Å². The van der Waals surface area contributed by atoms with Gasteiger partial charge in [0.1, 0.15) is 0 Å². The first-order valence-electron chi connectivity index (χ1n) is 6.41. The Morgan fingerprint density at radius 1 is 1.44 bits per heavy atom. The van der Waals surface area contributed by atoms with Crippen molar-refractivity contribution in [2.24, 2.45) is 18.2 Å². The molecule has 1 aliphatic rings. The van der Waals surface area contributed by atoms with Crippen molar-refractivity contribution in [2.75, 3.05) is 0 Å². The van der Waals surface area contributed by atoms with Gasteiger partial charge >= 0.3 is 0 Å². The van der Waals surface area contributed by atoms with E-state index in [2.05, 4.69) is 35.8 Å². The number of aromatic nitrogens is 3. The van der Waals surface area contributed by atoms with Gasteiger partial charge in [-0.1, -0.05) is 13.8 Å². The van der Waals surface area contributed by atoms with E-state index in [0.717, 1.165) is 18.5 Å². The van der Waals surface area contributed by atoms with Gasteiger partial charge in [-0.3, -0.25) is 4.68 Å². The van der Waals surface area contributed by atoms with Crippen molar-refractivity contribution in [3.63, 3.8) is 0 Å². The fourth-order valence-corrected chi connectivity index (χ4v) is 3.01. The van der Waals surface area contributed by atoms with E-state index in [-0.39, 0.29) is 11.5 Å². The van der Waals surface area contributed by atoms with Gasteiger partial charge in [0.25, 0.3) is 0 Å². The molecule has 4 heteroatoms. The summed E-state index contributed by atoms with van der Waals surface area (Å²) in [6.45, 7) is 4.58. The maximum Gasteiger partial charge on any atom is 0.0835 e. The molecule has 0 spiro atoms. The summed E-state index contributed by atoms with van der Waals surface area (Å²) in [7, 11) is 1.94. The third kappa shape index (κ3) is 1.77. The summed E-state index contributed by atoms with van der Waals surface area (Å²) in [5.74, 6) is 0. The lowest BCUT2D eigenvalue weighted by molar-refractivity contribution is 0.278. The van der Waals surface area contributed by atoms with Gasteiger partial charge in [0.15, 0.2) is 0 Å². The Balaban J connectivity index is 2.10. The average Bonchev–Trinajstić information content (AvgIpc) is 2.82. The summed E-state index contributed by atoms with van der Waals surface area (Å²) in [6, 6.07) is 2.31. The molecule has 3 rings (SSSR count). The molecule has 2 aromatic rings. The topological polar surface area (TPSA) is 48.8 Å². The minimum absolute atomic E-state index is 0.154. The third-order valence-electron chi connectivity index (χ3n) is 3.81. The highest BCUT2D eigenvalue weighted by atomic mass is 15.3. The molecule has 0 aromatic carbocycles. The molecular formula is C14H20N4. The van der Waals surface area contributed by atoms with Gasteiger partial charge in [0.2, 0.25) is 0 Å². The van der Waals surface area contributed by atoms with Crippen LogP contribution in [0.2, 0.25) is 0 Å². The molecule has 18 heavy (non-hydrogen) atoms. The molecule has 2 N–H and O–H groups in total. The lowest BCUT2D eigenvalue weighted by Crippen LogP contribution is -2.30. The van der Waals surface area contributed by atoms with E-state index in [9.17, 15) is 0 Å². The highest BCUT2D eigenvalue weighted by Crippen LogP contribution is 2.40. The maximum absolute atomic E-state index is 6.28. The van der Waals surface area contributed by atoms with Crippen molar-refractivity contribution < 1.29 is 0 Å². The molecule has 4 nitrogen and oxygen atoms in total. The van der Waals surface area contributed by atoms with E-state index in [1.807, 2.05) is 24.1 Å². The Morgan fingerprint density at radius 3 is 2.89 bits per heavy atom. The van der Waals surface area contributed by atoms with Crippen LogP contribution in [0, 0.1) is 5.41 Å². The molecule has 0 amide bonds. The zero-order valence-electron chi connectivity index (χ0n) is 11.2. The van der Waals surface area contributed by atoms with Crippen molar-refractivity contribution in [1.29, 1.82) is 0 Å². The van der Waals surface area contributed by atoms with Crippen molar-refractivity contribution in [2.45, 2.75) is 32.7 Å².